The molecule has 3 nitrogen and oxygen atoms in total. The van der Waals surface area contributed by atoms with Gasteiger partial charge in [-0.25, -0.2) is 4.39 Å². The predicted molar refractivity (Wildman–Crippen MR) is 84.8 cm³/mol. The Labute approximate surface area is 130 Å². The third-order valence-corrected chi connectivity index (χ3v) is 3.84. The molecule has 2 rings (SSSR count). The van der Waals surface area contributed by atoms with Gasteiger partial charge in [-0.2, -0.15) is 0 Å². The van der Waals surface area contributed by atoms with E-state index in [1.807, 2.05) is 22.6 Å². The number of rotatable bonds is 3. The predicted octanol–water partition coefficient (Wildman–Crippen LogP) is 3.72. The number of methoxy groups -OCH3 is 1. The fraction of sp³-hybridized carbons (Fsp3) is 0.133. The van der Waals surface area contributed by atoms with E-state index in [2.05, 4.69) is 0 Å². The van der Waals surface area contributed by atoms with E-state index in [1.165, 1.54) is 11.0 Å². The summed E-state index contributed by atoms with van der Waals surface area (Å²) in [6.07, 6.45) is 0. The smallest absolute Gasteiger partial charge is 0.262 e. The van der Waals surface area contributed by atoms with Gasteiger partial charge in [0.25, 0.3) is 5.91 Å². The molecule has 0 heterocycles. The van der Waals surface area contributed by atoms with Crippen molar-refractivity contribution in [3.05, 3.63) is 57.4 Å². The summed E-state index contributed by atoms with van der Waals surface area (Å²) < 4.78 is 19.5. The first kappa shape index (κ1) is 14.8. The van der Waals surface area contributed by atoms with Gasteiger partial charge in [-0.05, 0) is 59.0 Å². The summed E-state index contributed by atoms with van der Waals surface area (Å²) in [5.74, 6) is -0.185. The lowest BCUT2D eigenvalue weighted by atomic mass is 10.1. The Morgan fingerprint density at radius 1 is 1.20 bits per heavy atom. The summed E-state index contributed by atoms with van der Waals surface area (Å²) in [4.78, 5) is 13.8. The van der Waals surface area contributed by atoms with Crippen molar-refractivity contribution in [1.29, 1.82) is 0 Å². The third kappa shape index (κ3) is 2.92. The molecule has 1 amide bonds. The van der Waals surface area contributed by atoms with Gasteiger partial charge in [0.15, 0.2) is 0 Å². The maximum Gasteiger partial charge on any atom is 0.262 e. The number of hydrogen-bond donors (Lipinski definition) is 0. The van der Waals surface area contributed by atoms with E-state index in [-0.39, 0.29) is 11.5 Å². The standard InChI is InChI=1S/C15H13FINO2/c1-18(10-6-8-11(20-2)9-7-10)15(19)14-12(16)4-3-5-13(14)17/h3-9H,1-2H3. The minimum absolute atomic E-state index is 0.0893. The van der Waals surface area contributed by atoms with E-state index in [9.17, 15) is 9.18 Å². The molecule has 0 aliphatic carbocycles. The van der Waals surface area contributed by atoms with Crippen LogP contribution in [0.3, 0.4) is 0 Å². The number of hydrogen-bond acceptors (Lipinski definition) is 2. The molecule has 0 unspecified atom stereocenters. The summed E-state index contributed by atoms with van der Waals surface area (Å²) in [7, 11) is 3.19. The highest BCUT2D eigenvalue weighted by atomic mass is 127. The second-order valence-electron chi connectivity index (χ2n) is 4.16. The van der Waals surface area contributed by atoms with Crippen LogP contribution in [0.2, 0.25) is 0 Å². The van der Waals surface area contributed by atoms with Crippen molar-refractivity contribution in [3.63, 3.8) is 0 Å². The molecule has 0 atom stereocenters. The van der Waals surface area contributed by atoms with Gasteiger partial charge in [0.05, 0.1) is 12.7 Å². The summed E-state index contributed by atoms with van der Waals surface area (Å²) in [6, 6.07) is 11.6. The van der Waals surface area contributed by atoms with Crippen LogP contribution < -0.4 is 9.64 Å². The first-order valence-corrected chi connectivity index (χ1v) is 6.98. The highest BCUT2D eigenvalue weighted by Gasteiger charge is 2.20. The van der Waals surface area contributed by atoms with Crippen LogP contribution in [-0.2, 0) is 0 Å². The summed E-state index contributed by atoms with van der Waals surface area (Å²) in [5, 5.41) is 0. The largest absolute Gasteiger partial charge is 0.497 e. The molecule has 0 bridgehead atoms. The Hall–Kier alpha value is -1.63. The van der Waals surface area contributed by atoms with Gasteiger partial charge in [-0.3, -0.25) is 4.79 Å². The monoisotopic (exact) mass is 385 g/mol. The van der Waals surface area contributed by atoms with Crippen LogP contribution in [0.15, 0.2) is 42.5 Å². The zero-order chi connectivity index (χ0) is 14.7. The van der Waals surface area contributed by atoms with E-state index >= 15 is 0 Å². The summed E-state index contributed by atoms with van der Waals surface area (Å²) in [5.41, 5.74) is 0.765. The molecule has 0 saturated heterocycles. The molecule has 5 heteroatoms. The molecule has 0 N–H and O–H groups in total. The van der Waals surface area contributed by atoms with E-state index in [4.69, 9.17) is 4.74 Å². The lowest BCUT2D eigenvalue weighted by Crippen LogP contribution is -2.27. The van der Waals surface area contributed by atoms with Gasteiger partial charge in [0, 0.05) is 16.3 Å². The number of benzene rings is 2. The SMILES string of the molecule is COc1ccc(N(C)C(=O)c2c(F)cccc2I)cc1. The van der Waals surface area contributed by atoms with Crippen LogP contribution in [0, 0.1) is 9.39 Å². The number of halogens is 2. The lowest BCUT2D eigenvalue weighted by Gasteiger charge is -2.18. The van der Waals surface area contributed by atoms with Gasteiger partial charge in [0.2, 0.25) is 0 Å². The van der Waals surface area contributed by atoms with Crippen LogP contribution >= 0.6 is 22.6 Å². The highest BCUT2D eigenvalue weighted by molar-refractivity contribution is 14.1. The number of nitrogens with zero attached hydrogens (tertiary/aromatic N) is 1. The van der Waals surface area contributed by atoms with E-state index < -0.39 is 5.82 Å². The van der Waals surface area contributed by atoms with Gasteiger partial charge in [-0.15, -0.1) is 0 Å². The van der Waals surface area contributed by atoms with Gasteiger partial charge in [0.1, 0.15) is 11.6 Å². The lowest BCUT2D eigenvalue weighted by molar-refractivity contribution is 0.0988. The second kappa shape index (κ2) is 6.21. The molecule has 0 spiro atoms. The van der Waals surface area contributed by atoms with Crippen LogP contribution in [0.25, 0.3) is 0 Å². The van der Waals surface area contributed by atoms with E-state index in [0.717, 1.165) is 0 Å². The topological polar surface area (TPSA) is 29.5 Å². The molecule has 0 aromatic heterocycles. The van der Waals surface area contributed by atoms with E-state index in [1.54, 1.807) is 50.6 Å². The fourth-order valence-corrected chi connectivity index (χ4v) is 2.49. The molecule has 0 aliphatic heterocycles. The Kier molecular flexibility index (Phi) is 4.59. The quantitative estimate of drug-likeness (QED) is 0.754. The van der Waals surface area contributed by atoms with Crippen molar-refractivity contribution in [2.75, 3.05) is 19.1 Å². The van der Waals surface area contributed by atoms with Crippen LogP contribution in [0.5, 0.6) is 5.75 Å². The zero-order valence-electron chi connectivity index (χ0n) is 11.1. The van der Waals surface area contributed by atoms with Crippen molar-refractivity contribution in [2.45, 2.75) is 0 Å². The Morgan fingerprint density at radius 2 is 1.85 bits per heavy atom. The maximum absolute atomic E-state index is 13.8. The van der Waals surface area contributed by atoms with Crippen molar-refractivity contribution in [3.8, 4) is 5.75 Å². The van der Waals surface area contributed by atoms with Gasteiger partial charge in [-0.1, -0.05) is 6.07 Å². The minimum atomic E-state index is -0.512. The van der Waals surface area contributed by atoms with Crippen molar-refractivity contribution < 1.29 is 13.9 Å². The van der Waals surface area contributed by atoms with Crippen molar-refractivity contribution >= 4 is 34.2 Å². The minimum Gasteiger partial charge on any atom is -0.497 e. The average molecular weight is 385 g/mol. The van der Waals surface area contributed by atoms with Crippen molar-refractivity contribution in [1.82, 2.24) is 0 Å². The zero-order valence-corrected chi connectivity index (χ0v) is 13.2. The number of anilines is 1. The third-order valence-electron chi connectivity index (χ3n) is 2.94. The van der Waals surface area contributed by atoms with Gasteiger partial charge >= 0.3 is 0 Å². The maximum atomic E-state index is 13.8. The van der Waals surface area contributed by atoms with Crippen LogP contribution in [0.4, 0.5) is 10.1 Å². The molecule has 0 aliphatic rings. The molecule has 2 aromatic rings. The molecular weight excluding hydrogens is 372 g/mol. The molecule has 104 valence electrons. The van der Waals surface area contributed by atoms with Crippen molar-refractivity contribution in [2.24, 2.45) is 0 Å². The number of carbonyl (C=O) groups excluding carboxylic acids is 1. The molecule has 2 aromatic carbocycles. The van der Waals surface area contributed by atoms with E-state index in [0.29, 0.717) is 15.0 Å². The van der Waals surface area contributed by atoms with Crippen LogP contribution in [0.1, 0.15) is 10.4 Å². The Morgan fingerprint density at radius 3 is 2.40 bits per heavy atom. The first-order chi connectivity index (χ1) is 9.54. The molecule has 0 fully saturated rings. The average Bonchev–Trinajstić information content (AvgIpc) is 2.46. The number of amides is 1. The number of ether oxygens (including phenoxy) is 1. The summed E-state index contributed by atoms with van der Waals surface area (Å²) >= 11 is 1.96. The fourth-order valence-electron chi connectivity index (χ4n) is 1.79. The molecule has 0 radical (unpaired) electrons. The molecule has 0 saturated carbocycles. The summed E-state index contributed by atoms with van der Waals surface area (Å²) in [6.45, 7) is 0. The molecule has 20 heavy (non-hydrogen) atoms. The highest BCUT2D eigenvalue weighted by Crippen LogP contribution is 2.23. The Bertz CT molecular complexity index is 608. The first-order valence-electron chi connectivity index (χ1n) is 5.90. The number of carbonyl (C=O) groups is 1. The normalized spacial score (nSPS) is 10.2. The Balaban J connectivity index is 2.32. The van der Waals surface area contributed by atoms with Crippen LogP contribution in [-0.4, -0.2) is 20.1 Å². The second-order valence-corrected chi connectivity index (χ2v) is 5.32. The van der Waals surface area contributed by atoms with Gasteiger partial charge < -0.3 is 9.64 Å². The molecular formula is C15H13FINO2.